The van der Waals surface area contributed by atoms with Crippen molar-refractivity contribution in [3.8, 4) is 0 Å². The molecule has 0 saturated carbocycles. The fourth-order valence-corrected chi connectivity index (χ4v) is 3.05. The van der Waals surface area contributed by atoms with E-state index in [1.54, 1.807) is 23.5 Å². The highest BCUT2D eigenvalue weighted by Gasteiger charge is 2.14. The van der Waals surface area contributed by atoms with Crippen LogP contribution in [0.4, 0.5) is 5.69 Å². The van der Waals surface area contributed by atoms with Gasteiger partial charge in [0.15, 0.2) is 0 Å². The molecule has 0 bridgehead atoms. The maximum Gasteiger partial charge on any atom is 0.237 e. The number of carbonyl (C=O) groups is 1. The van der Waals surface area contributed by atoms with Gasteiger partial charge < -0.3 is 5.32 Å². The molecule has 0 spiro atoms. The van der Waals surface area contributed by atoms with Gasteiger partial charge >= 0.3 is 0 Å². The van der Waals surface area contributed by atoms with Crippen molar-refractivity contribution >= 4 is 35.1 Å². The highest BCUT2D eigenvalue weighted by atomic mass is 32.2. The zero-order valence-electron chi connectivity index (χ0n) is 11.5. The number of hydrogen-bond acceptors (Lipinski definition) is 3. The van der Waals surface area contributed by atoms with Gasteiger partial charge in [0.2, 0.25) is 5.91 Å². The van der Waals surface area contributed by atoms with Gasteiger partial charge in [0.1, 0.15) is 0 Å². The fraction of sp³-hybridized carbons (Fsp3) is 0.188. The SMILES string of the molecule is CSc1cccc(NC(=O)[C@H](C)Sc2ccccc2)c1. The molecule has 0 aliphatic heterocycles. The summed E-state index contributed by atoms with van der Waals surface area (Å²) >= 11 is 3.23. The number of nitrogens with one attached hydrogen (secondary N) is 1. The Hall–Kier alpha value is -1.39. The first-order valence-corrected chi connectivity index (χ1v) is 8.46. The zero-order chi connectivity index (χ0) is 14.4. The summed E-state index contributed by atoms with van der Waals surface area (Å²) in [6, 6.07) is 17.9. The van der Waals surface area contributed by atoms with Crippen molar-refractivity contribution < 1.29 is 4.79 Å². The van der Waals surface area contributed by atoms with Gasteiger partial charge in [0.05, 0.1) is 5.25 Å². The molecule has 1 N–H and O–H groups in total. The van der Waals surface area contributed by atoms with Crippen LogP contribution >= 0.6 is 23.5 Å². The van der Waals surface area contributed by atoms with E-state index in [9.17, 15) is 4.79 Å². The summed E-state index contributed by atoms with van der Waals surface area (Å²) in [7, 11) is 0. The first-order valence-electron chi connectivity index (χ1n) is 6.35. The first kappa shape index (κ1) is 15.0. The lowest BCUT2D eigenvalue weighted by atomic mass is 10.3. The van der Waals surface area contributed by atoms with Gasteiger partial charge in [0.25, 0.3) is 0 Å². The van der Waals surface area contributed by atoms with E-state index < -0.39 is 0 Å². The smallest absolute Gasteiger partial charge is 0.237 e. The molecular formula is C16H17NOS2. The normalized spacial score (nSPS) is 11.9. The van der Waals surface area contributed by atoms with E-state index in [0.29, 0.717) is 0 Å². The first-order chi connectivity index (χ1) is 9.69. The number of hydrogen-bond donors (Lipinski definition) is 1. The second kappa shape index (κ2) is 7.41. The molecule has 0 unspecified atom stereocenters. The lowest BCUT2D eigenvalue weighted by Crippen LogP contribution is -2.22. The van der Waals surface area contributed by atoms with Crippen molar-refractivity contribution in [2.45, 2.75) is 22.0 Å². The van der Waals surface area contributed by atoms with Gasteiger partial charge in [-0.2, -0.15) is 0 Å². The summed E-state index contributed by atoms with van der Waals surface area (Å²) in [6.07, 6.45) is 2.02. The third-order valence-corrected chi connectivity index (χ3v) is 4.60. The Labute approximate surface area is 128 Å². The van der Waals surface area contributed by atoms with Crippen molar-refractivity contribution in [2.24, 2.45) is 0 Å². The molecular weight excluding hydrogens is 286 g/mol. The van der Waals surface area contributed by atoms with Crippen molar-refractivity contribution in [3.05, 3.63) is 54.6 Å². The van der Waals surface area contributed by atoms with E-state index in [2.05, 4.69) is 5.32 Å². The Morgan fingerprint density at radius 1 is 1.05 bits per heavy atom. The van der Waals surface area contributed by atoms with Gasteiger partial charge in [-0.05, 0) is 43.5 Å². The van der Waals surface area contributed by atoms with Crippen LogP contribution in [0.15, 0.2) is 64.4 Å². The van der Waals surface area contributed by atoms with Gasteiger partial charge in [-0.1, -0.05) is 24.3 Å². The molecule has 2 aromatic carbocycles. The minimum atomic E-state index is -0.129. The highest BCUT2D eigenvalue weighted by Crippen LogP contribution is 2.24. The van der Waals surface area contributed by atoms with Gasteiger partial charge in [-0.15, -0.1) is 23.5 Å². The Morgan fingerprint density at radius 2 is 1.75 bits per heavy atom. The molecule has 104 valence electrons. The molecule has 0 aliphatic rings. The molecule has 0 fully saturated rings. The van der Waals surface area contributed by atoms with Crippen LogP contribution in [0.1, 0.15) is 6.92 Å². The number of rotatable bonds is 5. The Bertz CT molecular complexity index is 572. The molecule has 0 aliphatic carbocycles. The van der Waals surface area contributed by atoms with E-state index >= 15 is 0 Å². The molecule has 2 rings (SSSR count). The van der Waals surface area contributed by atoms with Crippen LogP contribution in [0.3, 0.4) is 0 Å². The molecule has 1 amide bonds. The van der Waals surface area contributed by atoms with E-state index in [-0.39, 0.29) is 11.2 Å². The standard InChI is InChI=1S/C16H17NOS2/c1-12(20-14-8-4-3-5-9-14)16(18)17-13-7-6-10-15(11-13)19-2/h3-12H,1-2H3,(H,17,18)/t12-/m0/s1. The molecule has 1 atom stereocenters. The van der Waals surface area contributed by atoms with Crippen LogP contribution < -0.4 is 5.32 Å². The summed E-state index contributed by atoms with van der Waals surface area (Å²) in [5.74, 6) is 0.0251. The third kappa shape index (κ3) is 4.32. The van der Waals surface area contributed by atoms with Crippen molar-refractivity contribution in [1.29, 1.82) is 0 Å². The van der Waals surface area contributed by atoms with Gasteiger partial charge in [-0.25, -0.2) is 0 Å². The van der Waals surface area contributed by atoms with Gasteiger partial charge in [0, 0.05) is 15.5 Å². The maximum absolute atomic E-state index is 12.2. The van der Waals surface area contributed by atoms with Crippen LogP contribution in [-0.4, -0.2) is 17.4 Å². The molecule has 0 radical (unpaired) electrons. The second-order valence-corrected chi connectivity index (χ2v) is 6.59. The monoisotopic (exact) mass is 303 g/mol. The molecule has 4 heteroatoms. The minimum absolute atomic E-state index is 0.0251. The Morgan fingerprint density at radius 3 is 2.45 bits per heavy atom. The quantitative estimate of drug-likeness (QED) is 0.823. The van der Waals surface area contributed by atoms with Crippen LogP contribution in [0.25, 0.3) is 0 Å². The van der Waals surface area contributed by atoms with Crippen LogP contribution in [0.2, 0.25) is 0 Å². The summed E-state index contributed by atoms with van der Waals surface area (Å²) < 4.78 is 0. The maximum atomic E-state index is 12.2. The molecule has 0 heterocycles. The molecule has 0 saturated heterocycles. The van der Waals surface area contributed by atoms with Crippen LogP contribution in [-0.2, 0) is 4.79 Å². The van der Waals surface area contributed by atoms with E-state index in [1.807, 2.05) is 67.8 Å². The summed E-state index contributed by atoms with van der Waals surface area (Å²) in [5.41, 5.74) is 0.849. The van der Waals surface area contributed by atoms with Crippen molar-refractivity contribution in [3.63, 3.8) is 0 Å². The average molecular weight is 303 g/mol. The lowest BCUT2D eigenvalue weighted by molar-refractivity contribution is -0.115. The number of anilines is 1. The lowest BCUT2D eigenvalue weighted by Gasteiger charge is -2.12. The average Bonchev–Trinajstić information content (AvgIpc) is 2.48. The van der Waals surface area contributed by atoms with Crippen molar-refractivity contribution in [2.75, 3.05) is 11.6 Å². The second-order valence-electron chi connectivity index (χ2n) is 4.29. The van der Waals surface area contributed by atoms with Crippen LogP contribution in [0, 0.1) is 0 Å². The largest absolute Gasteiger partial charge is 0.325 e. The van der Waals surface area contributed by atoms with Gasteiger partial charge in [-0.3, -0.25) is 4.79 Å². The summed E-state index contributed by atoms with van der Waals surface area (Å²) in [6.45, 7) is 1.92. The van der Waals surface area contributed by atoms with E-state index in [0.717, 1.165) is 15.5 Å². The minimum Gasteiger partial charge on any atom is -0.325 e. The number of benzene rings is 2. The number of carbonyl (C=O) groups excluding carboxylic acids is 1. The topological polar surface area (TPSA) is 29.1 Å². The fourth-order valence-electron chi connectivity index (χ4n) is 1.70. The van der Waals surface area contributed by atoms with E-state index in [4.69, 9.17) is 0 Å². The van der Waals surface area contributed by atoms with Crippen LogP contribution in [0.5, 0.6) is 0 Å². The van der Waals surface area contributed by atoms with E-state index in [1.165, 1.54) is 0 Å². The third-order valence-electron chi connectivity index (χ3n) is 2.76. The zero-order valence-corrected chi connectivity index (χ0v) is 13.1. The molecule has 20 heavy (non-hydrogen) atoms. The summed E-state index contributed by atoms with van der Waals surface area (Å²) in [4.78, 5) is 14.4. The molecule has 2 aromatic rings. The Balaban J connectivity index is 1.97. The predicted octanol–water partition coefficient (Wildman–Crippen LogP) is 4.53. The number of thioether (sulfide) groups is 2. The molecule has 0 aromatic heterocycles. The Kier molecular flexibility index (Phi) is 5.56. The molecule has 2 nitrogen and oxygen atoms in total. The predicted molar refractivity (Wildman–Crippen MR) is 88.6 cm³/mol. The number of amides is 1. The van der Waals surface area contributed by atoms with Crippen molar-refractivity contribution in [1.82, 2.24) is 0 Å². The highest BCUT2D eigenvalue weighted by molar-refractivity contribution is 8.00. The summed E-state index contributed by atoms with van der Waals surface area (Å²) in [5, 5.41) is 2.83.